The van der Waals surface area contributed by atoms with E-state index < -0.39 is 0 Å². The Morgan fingerprint density at radius 3 is 2.67 bits per heavy atom. The quantitative estimate of drug-likeness (QED) is 0.815. The molecule has 1 amide bonds. The molecule has 0 saturated carbocycles. The molecule has 0 radical (unpaired) electrons. The summed E-state index contributed by atoms with van der Waals surface area (Å²) in [6.07, 6.45) is 0.486. The third kappa shape index (κ3) is 3.73. The number of carbonyl (C=O) groups is 1. The zero-order valence-corrected chi connectivity index (χ0v) is 9.87. The summed E-state index contributed by atoms with van der Waals surface area (Å²) in [7, 11) is 0. The molecule has 0 saturated heterocycles. The van der Waals surface area contributed by atoms with Gasteiger partial charge in [0.05, 0.1) is 5.69 Å². The highest BCUT2D eigenvalue weighted by Gasteiger charge is 2.05. The Morgan fingerprint density at radius 1 is 1.53 bits per heavy atom. The molecule has 0 bridgehead atoms. The van der Waals surface area contributed by atoms with Crippen molar-refractivity contribution in [2.24, 2.45) is 0 Å². The molecule has 0 aliphatic carbocycles. The van der Waals surface area contributed by atoms with Crippen LogP contribution in [0.4, 0.5) is 0 Å². The van der Waals surface area contributed by atoms with E-state index in [-0.39, 0.29) is 11.9 Å². The number of nitrogens with one attached hydrogen (secondary N) is 1. The number of nitrogens with zero attached hydrogens (tertiary/aromatic N) is 2. The zero-order chi connectivity index (χ0) is 11.4. The Balaban J connectivity index is 2.43. The summed E-state index contributed by atoms with van der Waals surface area (Å²) in [6.45, 7) is 8.53. The van der Waals surface area contributed by atoms with Gasteiger partial charge in [-0.25, -0.2) is 0 Å². The molecule has 4 nitrogen and oxygen atoms in total. The first-order chi connectivity index (χ1) is 6.99. The van der Waals surface area contributed by atoms with Crippen molar-refractivity contribution in [3.8, 4) is 0 Å². The molecule has 0 aliphatic heterocycles. The fourth-order valence-electron chi connectivity index (χ4n) is 1.50. The van der Waals surface area contributed by atoms with Crippen molar-refractivity contribution in [3.63, 3.8) is 0 Å². The normalized spacial score (nSPS) is 10.7. The summed E-state index contributed by atoms with van der Waals surface area (Å²) in [5.41, 5.74) is 2.10. The average Bonchev–Trinajstić information content (AvgIpc) is 2.40. The van der Waals surface area contributed by atoms with Crippen LogP contribution < -0.4 is 5.32 Å². The van der Waals surface area contributed by atoms with E-state index in [2.05, 4.69) is 10.4 Å². The van der Waals surface area contributed by atoms with Crippen molar-refractivity contribution in [1.82, 2.24) is 15.1 Å². The van der Waals surface area contributed by atoms with Crippen LogP contribution in [0.5, 0.6) is 0 Å². The van der Waals surface area contributed by atoms with Gasteiger partial charge in [-0.05, 0) is 33.8 Å². The Bertz CT molecular complexity index is 342. The molecular formula is C11H19N3O. The molecule has 0 aromatic carbocycles. The summed E-state index contributed by atoms with van der Waals surface area (Å²) in [4.78, 5) is 11.4. The lowest BCUT2D eigenvalue weighted by molar-refractivity contribution is -0.121. The smallest absolute Gasteiger partial charge is 0.222 e. The van der Waals surface area contributed by atoms with Gasteiger partial charge in [0.15, 0.2) is 0 Å². The summed E-state index contributed by atoms with van der Waals surface area (Å²) in [5, 5.41) is 7.16. The molecular weight excluding hydrogens is 190 g/mol. The number of rotatable bonds is 4. The lowest BCUT2D eigenvalue weighted by atomic mass is 10.3. The van der Waals surface area contributed by atoms with Crippen LogP contribution in [0.15, 0.2) is 6.07 Å². The first-order valence-corrected chi connectivity index (χ1v) is 5.29. The topological polar surface area (TPSA) is 46.9 Å². The molecule has 1 rings (SSSR count). The third-order valence-corrected chi connectivity index (χ3v) is 2.10. The Hall–Kier alpha value is -1.32. The molecule has 0 aliphatic rings. The Kier molecular flexibility index (Phi) is 3.88. The van der Waals surface area contributed by atoms with Crippen molar-refractivity contribution in [2.45, 2.75) is 46.7 Å². The van der Waals surface area contributed by atoms with Crippen molar-refractivity contribution >= 4 is 5.91 Å². The molecule has 1 heterocycles. The van der Waals surface area contributed by atoms with Crippen LogP contribution in [0.25, 0.3) is 0 Å². The zero-order valence-electron chi connectivity index (χ0n) is 9.87. The maximum atomic E-state index is 11.4. The number of amides is 1. The monoisotopic (exact) mass is 209 g/mol. The maximum absolute atomic E-state index is 11.4. The van der Waals surface area contributed by atoms with Crippen LogP contribution in [0.1, 0.15) is 31.7 Å². The standard InChI is InChI=1S/C11H19N3O/c1-8(2)12-11(15)5-6-14-10(4)7-9(3)13-14/h7-8H,5-6H2,1-4H3,(H,12,15). The van der Waals surface area contributed by atoms with E-state index in [1.807, 2.05) is 38.4 Å². The molecule has 0 spiro atoms. The number of carbonyl (C=O) groups excluding carboxylic acids is 1. The minimum atomic E-state index is 0.0811. The minimum Gasteiger partial charge on any atom is -0.354 e. The van der Waals surface area contributed by atoms with Crippen LogP contribution in [-0.4, -0.2) is 21.7 Å². The molecule has 0 fully saturated rings. The molecule has 0 atom stereocenters. The van der Waals surface area contributed by atoms with Gasteiger partial charge in [-0.15, -0.1) is 0 Å². The van der Waals surface area contributed by atoms with Crippen molar-refractivity contribution in [2.75, 3.05) is 0 Å². The second-order valence-electron chi connectivity index (χ2n) is 4.12. The highest BCUT2D eigenvalue weighted by Crippen LogP contribution is 2.02. The first kappa shape index (κ1) is 11.8. The summed E-state index contributed by atoms with van der Waals surface area (Å²) in [5.74, 6) is 0.0811. The van der Waals surface area contributed by atoms with E-state index in [1.165, 1.54) is 0 Å². The second kappa shape index (κ2) is 4.96. The van der Waals surface area contributed by atoms with Crippen LogP contribution in [-0.2, 0) is 11.3 Å². The number of hydrogen-bond acceptors (Lipinski definition) is 2. The first-order valence-electron chi connectivity index (χ1n) is 5.29. The maximum Gasteiger partial charge on any atom is 0.222 e. The Labute approximate surface area is 90.7 Å². The van der Waals surface area contributed by atoms with Gasteiger partial charge < -0.3 is 5.32 Å². The number of aromatic nitrogens is 2. The van der Waals surface area contributed by atoms with Gasteiger partial charge in [0.2, 0.25) is 5.91 Å². The molecule has 1 aromatic rings. The fourth-order valence-corrected chi connectivity index (χ4v) is 1.50. The largest absolute Gasteiger partial charge is 0.354 e. The predicted octanol–water partition coefficient (Wildman–Crippen LogP) is 1.41. The van der Waals surface area contributed by atoms with Gasteiger partial charge in [0.1, 0.15) is 0 Å². The van der Waals surface area contributed by atoms with Crippen molar-refractivity contribution in [3.05, 3.63) is 17.5 Å². The fraction of sp³-hybridized carbons (Fsp3) is 0.636. The van der Waals surface area contributed by atoms with Gasteiger partial charge in [0.25, 0.3) is 0 Å². The highest BCUT2D eigenvalue weighted by atomic mass is 16.1. The van der Waals surface area contributed by atoms with E-state index in [4.69, 9.17) is 0 Å². The summed E-state index contributed by atoms with van der Waals surface area (Å²) in [6, 6.07) is 2.22. The number of aryl methyl sites for hydroxylation is 3. The van der Waals surface area contributed by atoms with Crippen molar-refractivity contribution in [1.29, 1.82) is 0 Å². The van der Waals surface area contributed by atoms with Crippen LogP contribution in [0.2, 0.25) is 0 Å². The summed E-state index contributed by atoms with van der Waals surface area (Å²) < 4.78 is 1.87. The molecule has 1 N–H and O–H groups in total. The highest BCUT2D eigenvalue weighted by molar-refractivity contribution is 5.76. The van der Waals surface area contributed by atoms with Gasteiger partial charge >= 0.3 is 0 Å². The summed E-state index contributed by atoms with van der Waals surface area (Å²) >= 11 is 0. The molecule has 15 heavy (non-hydrogen) atoms. The number of hydrogen-bond donors (Lipinski definition) is 1. The molecule has 1 aromatic heterocycles. The molecule has 4 heteroatoms. The van der Waals surface area contributed by atoms with Gasteiger partial charge in [-0.3, -0.25) is 9.48 Å². The van der Waals surface area contributed by atoms with E-state index in [0.29, 0.717) is 13.0 Å². The van der Waals surface area contributed by atoms with E-state index in [9.17, 15) is 4.79 Å². The van der Waals surface area contributed by atoms with Crippen LogP contribution >= 0.6 is 0 Å². The lowest BCUT2D eigenvalue weighted by Gasteiger charge is -2.08. The predicted molar refractivity (Wildman–Crippen MR) is 59.6 cm³/mol. The van der Waals surface area contributed by atoms with Gasteiger partial charge in [-0.2, -0.15) is 5.10 Å². The molecule has 0 unspecified atom stereocenters. The Morgan fingerprint density at radius 2 is 2.20 bits per heavy atom. The van der Waals surface area contributed by atoms with Gasteiger partial charge in [-0.1, -0.05) is 0 Å². The average molecular weight is 209 g/mol. The van der Waals surface area contributed by atoms with E-state index >= 15 is 0 Å². The van der Waals surface area contributed by atoms with Crippen molar-refractivity contribution < 1.29 is 4.79 Å². The second-order valence-corrected chi connectivity index (χ2v) is 4.12. The minimum absolute atomic E-state index is 0.0811. The van der Waals surface area contributed by atoms with Crippen LogP contribution in [0.3, 0.4) is 0 Å². The SMILES string of the molecule is Cc1cc(C)n(CCC(=O)NC(C)C)n1. The van der Waals surface area contributed by atoms with Crippen LogP contribution in [0, 0.1) is 13.8 Å². The lowest BCUT2D eigenvalue weighted by Crippen LogP contribution is -2.30. The van der Waals surface area contributed by atoms with E-state index in [1.54, 1.807) is 0 Å². The third-order valence-electron chi connectivity index (χ3n) is 2.10. The molecule has 84 valence electrons. The van der Waals surface area contributed by atoms with E-state index in [0.717, 1.165) is 11.4 Å². The van der Waals surface area contributed by atoms with Gasteiger partial charge in [0, 0.05) is 24.7 Å².